The Hall–Kier alpha value is -4.03. The van der Waals surface area contributed by atoms with Gasteiger partial charge in [-0.15, -0.1) is 6.58 Å². The summed E-state index contributed by atoms with van der Waals surface area (Å²) in [5.41, 5.74) is 2.20. The summed E-state index contributed by atoms with van der Waals surface area (Å²) in [5, 5.41) is 9.03. The zero-order valence-electron chi connectivity index (χ0n) is 21.3. The predicted molar refractivity (Wildman–Crippen MR) is 151 cm³/mol. The van der Waals surface area contributed by atoms with Crippen LogP contribution < -0.4 is 20.9 Å². The quantitative estimate of drug-likeness (QED) is 0.349. The van der Waals surface area contributed by atoms with E-state index < -0.39 is 9.73 Å². The molecule has 38 heavy (non-hydrogen) atoms. The molecule has 2 bridgehead atoms. The van der Waals surface area contributed by atoms with Crippen LogP contribution in [0.25, 0.3) is 0 Å². The van der Waals surface area contributed by atoms with E-state index in [4.69, 9.17) is 4.74 Å². The lowest BCUT2D eigenvalue weighted by Gasteiger charge is -2.29. The maximum atomic E-state index is 12.8. The Balaban J connectivity index is 0.00000353. The van der Waals surface area contributed by atoms with E-state index >= 15 is 0 Å². The van der Waals surface area contributed by atoms with Crippen LogP contribution >= 0.6 is 0 Å². The van der Waals surface area contributed by atoms with Gasteiger partial charge in [0, 0.05) is 54.3 Å². The molecule has 12 heteroatoms. The minimum Gasteiger partial charge on any atom is -0.374 e. The van der Waals surface area contributed by atoms with Crippen LogP contribution in [0.3, 0.4) is 0 Å². The van der Waals surface area contributed by atoms with Gasteiger partial charge >= 0.3 is 0 Å². The fourth-order valence-corrected chi connectivity index (χ4v) is 4.99. The summed E-state index contributed by atoms with van der Waals surface area (Å²) in [4.78, 5) is 28.4. The smallest absolute Gasteiger partial charge is 0.256 e. The second-order valence-electron chi connectivity index (χ2n) is 9.40. The number of pyridine rings is 1. The number of rotatable bonds is 9. The molecule has 200 valence electrons. The van der Waals surface area contributed by atoms with Crippen LogP contribution in [0.2, 0.25) is 0 Å². The summed E-state index contributed by atoms with van der Waals surface area (Å²) in [7, 11) is -2.38. The molecule has 1 aromatic carbocycles. The molecule has 0 spiro atoms. The van der Waals surface area contributed by atoms with Gasteiger partial charge in [-0.3, -0.25) is 4.79 Å². The van der Waals surface area contributed by atoms with Crippen molar-refractivity contribution < 1.29 is 15.2 Å². The SMILES string of the molecule is C=CCNC(=O)c1cnc(Nc2ccc(N3CC4C[C@H]3CO4)cc2)nc1Nc1cccc(N=S(C)(C)=O)n1.[HH]. The summed E-state index contributed by atoms with van der Waals surface area (Å²) < 4.78 is 21.9. The van der Waals surface area contributed by atoms with Crippen LogP contribution in [0.4, 0.5) is 34.8 Å². The number of nitrogens with one attached hydrogen (secondary N) is 3. The van der Waals surface area contributed by atoms with Crippen molar-refractivity contribution in [2.45, 2.75) is 18.6 Å². The maximum Gasteiger partial charge on any atom is 0.256 e. The number of fused-ring (bicyclic) bond motifs is 2. The van der Waals surface area contributed by atoms with Gasteiger partial charge in [0.25, 0.3) is 5.91 Å². The van der Waals surface area contributed by atoms with Crippen molar-refractivity contribution in [1.29, 1.82) is 0 Å². The van der Waals surface area contributed by atoms with Crippen molar-refractivity contribution in [2.75, 3.05) is 47.7 Å². The number of carbonyl (C=O) groups excluding carboxylic acids is 1. The molecule has 11 nitrogen and oxygen atoms in total. The van der Waals surface area contributed by atoms with E-state index in [0.717, 1.165) is 30.9 Å². The largest absolute Gasteiger partial charge is 0.374 e. The van der Waals surface area contributed by atoms with E-state index in [1.165, 1.54) is 18.7 Å². The third kappa shape index (κ3) is 6.09. The van der Waals surface area contributed by atoms with Crippen LogP contribution in [0.15, 0.2) is 65.7 Å². The van der Waals surface area contributed by atoms with Crippen LogP contribution in [0, 0.1) is 0 Å². The van der Waals surface area contributed by atoms with Gasteiger partial charge in [-0.2, -0.15) is 9.35 Å². The van der Waals surface area contributed by atoms with E-state index in [1.54, 1.807) is 24.3 Å². The number of aromatic nitrogens is 3. The van der Waals surface area contributed by atoms with Gasteiger partial charge in [0.1, 0.15) is 17.2 Å². The molecule has 3 aromatic rings. The highest BCUT2D eigenvalue weighted by molar-refractivity contribution is 7.92. The van der Waals surface area contributed by atoms with Crippen molar-refractivity contribution >= 4 is 50.4 Å². The summed E-state index contributed by atoms with van der Waals surface area (Å²) in [5.74, 6) is 0.906. The number of morpholine rings is 1. The Labute approximate surface area is 223 Å². The van der Waals surface area contributed by atoms with Crippen LogP contribution in [-0.2, 0) is 14.5 Å². The summed E-state index contributed by atoms with van der Waals surface area (Å²) in [6.07, 6.45) is 7.52. The number of ether oxygens (including phenoxy) is 1. The topological polar surface area (TPSA) is 134 Å². The molecule has 2 aliphatic heterocycles. The van der Waals surface area contributed by atoms with Crippen LogP contribution in [0.5, 0.6) is 0 Å². The van der Waals surface area contributed by atoms with Crippen molar-refractivity contribution in [3.63, 3.8) is 0 Å². The third-order valence-electron chi connectivity index (χ3n) is 6.09. The second-order valence-corrected chi connectivity index (χ2v) is 11.9. The second kappa shape index (κ2) is 10.8. The van der Waals surface area contributed by atoms with Crippen molar-refractivity contribution in [2.24, 2.45) is 4.36 Å². The molecule has 2 saturated heterocycles. The third-order valence-corrected chi connectivity index (χ3v) is 6.72. The average Bonchev–Trinajstić information content (AvgIpc) is 3.51. The zero-order chi connectivity index (χ0) is 26.7. The molecule has 0 radical (unpaired) electrons. The standard InChI is InChI=1S/C26H30N8O3S.H2/c1-4-12-27-25(35)21-14-28-26(32-24(21)31-22-6-5-7-23(30-22)33-38(2,3)36)29-17-8-10-18(11-9-17)34-15-20-13-19(34)16-37-20;/h4-11,14,19-20H,1,12-13,15-16H2,2-3H3,(H,27,35)(H2,28,29,30,31,32);1H/t19-,20?;/m0./s1. The Bertz CT molecular complexity index is 1470. The minimum atomic E-state index is -2.38. The average molecular weight is 537 g/mol. The van der Waals surface area contributed by atoms with Gasteiger partial charge in [0.05, 0.1) is 18.8 Å². The maximum absolute atomic E-state index is 12.8. The fraction of sp³-hybridized carbons (Fsp3) is 0.308. The Kier molecular flexibility index (Phi) is 7.25. The molecule has 5 rings (SSSR count). The molecule has 3 N–H and O–H groups in total. The summed E-state index contributed by atoms with van der Waals surface area (Å²) in [6, 6.07) is 13.6. The Morgan fingerprint density at radius 1 is 1.24 bits per heavy atom. The lowest BCUT2D eigenvalue weighted by Crippen LogP contribution is -2.36. The molecule has 2 fully saturated rings. The number of amides is 1. The van der Waals surface area contributed by atoms with Crippen molar-refractivity contribution in [3.8, 4) is 0 Å². The number of benzene rings is 1. The molecule has 2 atom stereocenters. The van der Waals surface area contributed by atoms with Crippen LogP contribution in [0.1, 0.15) is 18.2 Å². The van der Waals surface area contributed by atoms with E-state index in [2.05, 4.69) is 58.9 Å². The van der Waals surface area contributed by atoms with E-state index in [9.17, 15) is 9.00 Å². The lowest BCUT2D eigenvalue weighted by molar-refractivity contribution is 0.0958. The van der Waals surface area contributed by atoms with Crippen LogP contribution in [-0.4, -0.2) is 69.4 Å². The van der Waals surface area contributed by atoms with Gasteiger partial charge in [0.15, 0.2) is 5.82 Å². The Morgan fingerprint density at radius 2 is 2.05 bits per heavy atom. The highest BCUT2D eigenvalue weighted by Crippen LogP contribution is 2.33. The first-order chi connectivity index (χ1) is 18.3. The molecule has 1 amide bonds. The van der Waals surface area contributed by atoms with E-state index in [1.807, 2.05) is 12.1 Å². The predicted octanol–water partition coefficient (Wildman–Crippen LogP) is 3.86. The van der Waals surface area contributed by atoms with Gasteiger partial charge in [-0.1, -0.05) is 12.1 Å². The molecule has 0 saturated carbocycles. The Morgan fingerprint density at radius 3 is 2.74 bits per heavy atom. The molecule has 4 heterocycles. The summed E-state index contributed by atoms with van der Waals surface area (Å²) in [6.45, 7) is 5.63. The molecule has 2 aromatic heterocycles. The van der Waals surface area contributed by atoms with Gasteiger partial charge in [-0.05, 0) is 42.8 Å². The van der Waals surface area contributed by atoms with E-state index in [-0.39, 0.29) is 18.7 Å². The molecular formula is C26H32N8O3S. The number of anilines is 5. The number of hydrogen-bond acceptors (Lipinski definition) is 10. The number of nitrogens with zero attached hydrogens (tertiary/aromatic N) is 5. The number of carbonyl (C=O) groups is 1. The van der Waals surface area contributed by atoms with Gasteiger partial charge in [-0.25, -0.2) is 14.2 Å². The first-order valence-electron chi connectivity index (χ1n) is 12.2. The normalized spacial score (nSPS) is 18.2. The fourth-order valence-electron chi connectivity index (χ4n) is 4.44. The highest BCUT2D eigenvalue weighted by atomic mass is 32.2. The zero-order valence-corrected chi connectivity index (χ0v) is 22.1. The highest BCUT2D eigenvalue weighted by Gasteiger charge is 2.38. The van der Waals surface area contributed by atoms with Gasteiger partial charge < -0.3 is 25.6 Å². The van der Waals surface area contributed by atoms with Gasteiger partial charge in [0.2, 0.25) is 5.95 Å². The monoisotopic (exact) mass is 536 g/mol. The number of hydrogen-bond donors (Lipinski definition) is 3. The first kappa shape index (κ1) is 25.6. The minimum absolute atomic E-state index is 0. The van der Waals surface area contributed by atoms with Crippen molar-refractivity contribution in [3.05, 3.63) is 66.9 Å². The summed E-state index contributed by atoms with van der Waals surface area (Å²) >= 11 is 0. The first-order valence-corrected chi connectivity index (χ1v) is 14.5. The molecule has 0 aliphatic carbocycles. The molecule has 1 unspecified atom stereocenters. The molecule has 2 aliphatic rings. The lowest BCUT2D eigenvalue weighted by atomic mass is 10.2. The van der Waals surface area contributed by atoms with E-state index in [0.29, 0.717) is 36.3 Å². The molecular weight excluding hydrogens is 504 g/mol. The van der Waals surface area contributed by atoms with Crippen molar-refractivity contribution in [1.82, 2.24) is 20.3 Å².